The maximum Gasteiger partial charge on any atom is 0.320 e. The van der Waals surface area contributed by atoms with Crippen LogP contribution < -0.4 is 9.80 Å². The third-order valence-corrected chi connectivity index (χ3v) is 3.57. The largest absolute Gasteiger partial charge is 0.480 e. The molecule has 0 bridgehead atoms. The number of piperazine rings is 1. The zero-order valence-corrected chi connectivity index (χ0v) is 12.2. The van der Waals surface area contributed by atoms with Crippen molar-refractivity contribution >= 4 is 17.7 Å². The van der Waals surface area contributed by atoms with Gasteiger partial charge in [-0.2, -0.15) is 4.98 Å². The number of aromatic nitrogens is 2. The summed E-state index contributed by atoms with van der Waals surface area (Å²) in [6, 6.07) is 1.46. The molecular weight excluding hydrogens is 258 g/mol. The van der Waals surface area contributed by atoms with E-state index < -0.39 is 12.0 Å². The average Bonchev–Trinajstić information content (AvgIpc) is 2.46. The second kappa shape index (κ2) is 6.04. The molecule has 1 aromatic rings. The Labute approximate surface area is 118 Å². The molecule has 0 spiro atoms. The smallest absolute Gasteiger partial charge is 0.320 e. The molecule has 110 valence electrons. The van der Waals surface area contributed by atoms with E-state index in [1.54, 1.807) is 13.1 Å². The summed E-state index contributed by atoms with van der Waals surface area (Å²) in [5, 5.41) is 9.03. The monoisotopic (exact) mass is 279 g/mol. The molecule has 1 fully saturated rings. The van der Waals surface area contributed by atoms with Crippen molar-refractivity contribution in [2.45, 2.75) is 13.0 Å². The molecule has 0 amide bonds. The average molecular weight is 279 g/mol. The molecule has 7 nitrogen and oxygen atoms in total. The maximum atomic E-state index is 11.0. The fourth-order valence-corrected chi connectivity index (χ4v) is 2.23. The van der Waals surface area contributed by atoms with Crippen LogP contribution in [-0.4, -0.2) is 72.3 Å². The molecule has 1 atom stereocenters. The van der Waals surface area contributed by atoms with Crippen LogP contribution in [0.1, 0.15) is 6.92 Å². The quantitative estimate of drug-likeness (QED) is 0.840. The number of carbonyl (C=O) groups is 1. The first-order valence-corrected chi connectivity index (χ1v) is 6.71. The van der Waals surface area contributed by atoms with Gasteiger partial charge in [-0.15, -0.1) is 0 Å². The highest BCUT2D eigenvalue weighted by Crippen LogP contribution is 2.16. The molecule has 0 unspecified atom stereocenters. The molecule has 2 rings (SSSR count). The lowest BCUT2D eigenvalue weighted by Crippen LogP contribution is -2.52. The summed E-state index contributed by atoms with van der Waals surface area (Å²) in [6.07, 6.45) is 1.75. The van der Waals surface area contributed by atoms with Gasteiger partial charge in [0.05, 0.1) is 0 Å². The van der Waals surface area contributed by atoms with Crippen LogP contribution in [0, 0.1) is 0 Å². The van der Waals surface area contributed by atoms with Gasteiger partial charge >= 0.3 is 5.97 Å². The first-order valence-electron chi connectivity index (χ1n) is 6.71. The summed E-state index contributed by atoms with van der Waals surface area (Å²) < 4.78 is 0. The van der Waals surface area contributed by atoms with Gasteiger partial charge in [-0.1, -0.05) is 0 Å². The Bertz CT molecular complexity index is 472. The molecule has 1 aromatic heterocycles. The predicted molar refractivity (Wildman–Crippen MR) is 77.2 cm³/mol. The second-order valence-electron chi connectivity index (χ2n) is 5.15. The lowest BCUT2D eigenvalue weighted by atomic mass is 10.2. The number of anilines is 2. The van der Waals surface area contributed by atoms with Crippen molar-refractivity contribution < 1.29 is 9.90 Å². The number of aliphatic carboxylic acids is 1. The van der Waals surface area contributed by atoms with E-state index in [0.717, 1.165) is 32.0 Å². The molecule has 0 saturated carbocycles. The number of carboxylic acids is 1. The van der Waals surface area contributed by atoms with Crippen LogP contribution in [0.4, 0.5) is 11.8 Å². The number of nitrogens with zero attached hydrogens (tertiary/aromatic N) is 5. The summed E-state index contributed by atoms with van der Waals surface area (Å²) in [5.74, 6) is 0.811. The Morgan fingerprint density at radius 1 is 1.35 bits per heavy atom. The van der Waals surface area contributed by atoms with Gasteiger partial charge in [0.2, 0.25) is 5.95 Å². The van der Waals surface area contributed by atoms with E-state index in [2.05, 4.69) is 14.9 Å². The van der Waals surface area contributed by atoms with Crippen LogP contribution >= 0.6 is 0 Å². The van der Waals surface area contributed by atoms with Gasteiger partial charge in [0.25, 0.3) is 0 Å². The van der Waals surface area contributed by atoms with Gasteiger partial charge in [-0.25, -0.2) is 4.98 Å². The van der Waals surface area contributed by atoms with E-state index >= 15 is 0 Å². The Kier molecular flexibility index (Phi) is 4.39. The van der Waals surface area contributed by atoms with Gasteiger partial charge in [-0.05, 0) is 13.0 Å². The summed E-state index contributed by atoms with van der Waals surface area (Å²) in [4.78, 5) is 25.7. The Morgan fingerprint density at radius 3 is 2.55 bits per heavy atom. The highest BCUT2D eigenvalue weighted by molar-refractivity contribution is 5.72. The number of hydrogen-bond donors (Lipinski definition) is 1. The number of rotatable bonds is 4. The van der Waals surface area contributed by atoms with Crippen molar-refractivity contribution in [2.24, 2.45) is 0 Å². The molecule has 2 heterocycles. The fraction of sp³-hybridized carbons (Fsp3) is 0.615. The highest BCUT2D eigenvalue weighted by atomic mass is 16.4. The molecular formula is C13H21N5O2. The van der Waals surface area contributed by atoms with E-state index in [1.165, 1.54) is 0 Å². The van der Waals surface area contributed by atoms with Crippen LogP contribution in [0.3, 0.4) is 0 Å². The van der Waals surface area contributed by atoms with Gasteiger partial charge in [-0.3, -0.25) is 9.69 Å². The molecule has 0 aromatic carbocycles. The van der Waals surface area contributed by atoms with Crippen LogP contribution in [0.25, 0.3) is 0 Å². The van der Waals surface area contributed by atoms with Crippen LogP contribution in [-0.2, 0) is 4.79 Å². The SMILES string of the molecule is C[C@@H](C(=O)O)N1CCN(c2ccnc(N(C)C)n2)CC1. The zero-order valence-electron chi connectivity index (χ0n) is 12.2. The summed E-state index contributed by atoms with van der Waals surface area (Å²) in [5.41, 5.74) is 0. The van der Waals surface area contributed by atoms with Crippen molar-refractivity contribution in [3.05, 3.63) is 12.3 Å². The predicted octanol–water partition coefficient (Wildman–Crippen LogP) is 0.138. The first kappa shape index (κ1) is 14.5. The lowest BCUT2D eigenvalue weighted by molar-refractivity contribution is -0.142. The second-order valence-corrected chi connectivity index (χ2v) is 5.15. The summed E-state index contributed by atoms with van der Waals surface area (Å²) in [7, 11) is 3.82. The van der Waals surface area contributed by atoms with Crippen molar-refractivity contribution in [1.82, 2.24) is 14.9 Å². The molecule has 0 aliphatic carbocycles. The van der Waals surface area contributed by atoms with Crippen LogP contribution in [0.5, 0.6) is 0 Å². The molecule has 0 radical (unpaired) electrons. The minimum Gasteiger partial charge on any atom is -0.480 e. The molecule has 1 aliphatic rings. The van der Waals surface area contributed by atoms with Gasteiger partial charge < -0.3 is 14.9 Å². The molecule has 1 aliphatic heterocycles. The Hall–Kier alpha value is -1.89. The van der Waals surface area contributed by atoms with E-state index in [9.17, 15) is 4.79 Å². The Balaban J connectivity index is 2.00. The minimum atomic E-state index is -0.768. The van der Waals surface area contributed by atoms with E-state index in [-0.39, 0.29) is 0 Å². The van der Waals surface area contributed by atoms with Gasteiger partial charge in [0.1, 0.15) is 11.9 Å². The zero-order chi connectivity index (χ0) is 14.7. The highest BCUT2D eigenvalue weighted by Gasteiger charge is 2.25. The van der Waals surface area contributed by atoms with Crippen molar-refractivity contribution in [2.75, 3.05) is 50.1 Å². The fourth-order valence-electron chi connectivity index (χ4n) is 2.23. The topological polar surface area (TPSA) is 72.8 Å². The van der Waals surface area contributed by atoms with Crippen molar-refractivity contribution in [3.63, 3.8) is 0 Å². The lowest BCUT2D eigenvalue weighted by Gasteiger charge is -2.37. The van der Waals surface area contributed by atoms with Crippen LogP contribution in [0.2, 0.25) is 0 Å². The van der Waals surface area contributed by atoms with Crippen molar-refractivity contribution in [3.8, 4) is 0 Å². The van der Waals surface area contributed by atoms with Gasteiger partial charge in [0.15, 0.2) is 0 Å². The van der Waals surface area contributed by atoms with Crippen molar-refractivity contribution in [1.29, 1.82) is 0 Å². The molecule has 20 heavy (non-hydrogen) atoms. The number of carboxylic acid groups (broad SMARTS) is 1. The summed E-state index contributed by atoms with van der Waals surface area (Å²) >= 11 is 0. The molecule has 1 N–H and O–H groups in total. The Morgan fingerprint density at radius 2 is 2.00 bits per heavy atom. The molecule has 7 heteroatoms. The van der Waals surface area contributed by atoms with E-state index in [0.29, 0.717) is 5.95 Å². The normalized spacial score (nSPS) is 17.9. The standard InChI is InChI=1S/C13H21N5O2/c1-10(12(19)20)17-6-8-18(9-7-17)11-4-5-14-13(15-11)16(2)3/h4-5,10H,6-9H2,1-3H3,(H,19,20)/t10-/m0/s1. The van der Waals surface area contributed by atoms with Crippen LogP contribution in [0.15, 0.2) is 12.3 Å². The van der Waals surface area contributed by atoms with E-state index in [1.807, 2.05) is 30.0 Å². The van der Waals surface area contributed by atoms with E-state index in [4.69, 9.17) is 5.11 Å². The van der Waals surface area contributed by atoms with Gasteiger partial charge in [0, 0.05) is 46.5 Å². The maximum absolute atomic E-state index is 11.0. The summed E-state index contributed by atoms with van der Waals surface area (Å²) in [6.45, 7) is 4.75. The third-order valence-electron chi connectivity index (χ3n) is 3.57. The number of hydrogen-bond acceptors (Lipinski definition) is 6. The third kappa shape index (κ3) is 3.16. The molecule has 1 saturated heterocycles. The first-order chi connectivity index (χ1) is 9.49. The minimum absolute atomic E-state index is 0.431.